The monoisotopic (exact) mass is 308 g/mol. The molecule has 2 atom stereocenters. The summed E-state index contributed by atoms with van der Waals surface area (Å²) >= 11 is 0. The highest BCUT2D eigenvalue weighted by atomic mass is 16.5. The maximum Gasteiger partial charge on any atom is 0.320 e. The van der Waals surface area contributed by atoms with Crippen molar-refractivity contribution in [2.75, 3.05) is 13.7 Å². The van der Waals surface area contributed by atoms with E-state index in [1.54, 1.807) is 13.8 Å². The first-order valence-electron chi connectivity index (χ1n) is 7.38. The summed E-state index contributed by atoms with van der Waals surface area (Å²) in [6.07, 6.45) is 0.507. The molecule has 22 heavy (non-hydrogen) atoms. The highest BCUT2D eigenvalue weighted by Gasteiger charge is 2.59. The summed E-state index contributed by atoms with van der Waals surface area (Å²) in [5.41, 5.74) is -0.405. The maximum absolute atomic E-state index is 12.8. The second-order valence-corrected chi connectivity index (χ2v) is 5.80. The molecule has 1 fully saturated rings. The Morgan fingerprint density at radius 2 is 1.95 bits per heavy atom. The number of ether oxygens (including phenoxy) is 2. The molecule has 0 heterocycles. The standard InChI is InChI=1S/C16H20O6/c1-4-22-12(18)8-16(15(20)21-3)7-10-11(17)6-5-9(2)13(10)14(16)19/h10H,4-8H2,1-3H3. The molecule has 1 saturated carbocycles. The largest absolute Gasteiger partial charge is 0.468 e. The van der Waals surface area contributed by atoms with Crippen molar-refractivity contribution >= 4 is 23.5 Å². The molecule has 0 aromatic heterocycles. The number of carbonyl (C=O) groups is 4. The zero-order chi connectivity index (χ0) is 16.5. The molecule has 6 heteroatoms. The summed E-state index contributed by atoms with van der Waals surface area (Å²) in [7, 11) is 1.17. The van der Waals surface area contributed by atoms with E-state index in [1.807, 2.05) is 0 Å². The molecule has 0 saturated heterocycles. The predicted octanol–water partition coefficient (Wildman–Crippen LogP) is 1.37. The van der Waals surface area contributed by atoms with Gasteiger partial charge in [-0.1, -0.05) is 5.57 Å². The van der Waals surface area contributed by atoms with Gasteiger partial charge in [0.05, 0.1) is 20.1 Å². The average Bonchev–Trinajstić information content (AvgIpc) is 2.78. The number of Topliss-reactive ketones (excluding diaryl/α,β-unsaturated/α-hetero) is 2. The molecule has 0 aliphatic heterocycles. The van der Waals surface area contributed by atoms with E-state index in [0.717, 1.165) is 5.57 Å². The van der Waals surface area contributed by atoms with Gasteiger partial charge >= 0.3 is 11.9 Å². The minimum atomic E-state index is -1.62. The Bertz CT molecular complexity index is 573. The molecule has 120 valence electrons. The van der Waals surface area contributed by atoms with Crippen LogP contribution in [0.1, 0.15) is 39.5 Å². The average molecular weight is 308 g/mol. The van der Waals surface area contributed by atoms with Gasteiger partial charge < -0.3 is 9.47 Å². The van der Waals surface area contributed by atoms with Crippen LogP contribution in [0.3, 0.4) is 0 Å². The number of allylic oxidation sites excluding steroid dienone is 2. The minimum Gasteiger partial charge on any atom is -0.468 e. The van der Waals surface area contributed by atoms with Crippen LogP contribution in [-0.4, -0.2) is 37.2 Å². The lowest BCUT2D eigenvalue weighted by Crippen LogP contribution is -2.39. The van der Waals surface area contributed by atoms with Gasteiger partial charge in [0.1, 0.15) is 11.2 Å². The van der Waals surface area contributed by atoms with Gasteiger partial charge in [0, 0.05) is 17.9 Å². The van der Waals surface area contributed by atoms with E-state index in [4.69, 9.17) is 9.47 Å². The summed E-state index contributed by atoms with van der Waals surface area (Å²) in [5.74, 6) is -2.51. The number of carbonyl (C=O) groups excluding carboxylic acids is 4. The second-order valence-electron chi connectivity index (χ2n) is 5.80. The molecule has 2 aliphatic rings. The van der Waals surface area contributed by atoms with Gasteiger partial charge in [-0.2, -0.15) is 0 Å². The van der Waals surface area contributed by atoms with Crippen molar-refractivity contribution in [3.8, 4) is 0 Å². The zero-order valence-electron chi connectivity index (χ0n) is 13.1. The lowest BCUT2D eigenvalue weighted by atomic mass is 9.80. The fourth-order valence-electron chi connectivity index (χ4n) is 3.40. The third kappa shape index (κ3) is 2.46. The topological polar surface area (TPSA) is 86.7 Å². The third-order valence-corrected chi connectivity index (χ3v) is 4.50. The molecule has 0 N–H and O–H groups in total. The van der Waals surface area contributed by atoms with E-state index in [-0.39, 0.29) is 25.2 Å². The fourth-order valence-corrected chi connectivity index (χ4v) is 3.40. The normalized spacial score (nSPS) is 27.7. The number of rotatable bonds is 4. The van der Waals surface area contributed by atoms with Crippen molar-refractivity contribution in [2.45, 2.75) is 39.5 Å². The van der Waals surface area contributed by atoms with Gasteiger partial charge in [0.25, 0.3) is 0 Å². The molecule has 2 aliphatic carbocycles. The van der Waals surface area contributed by atoms with Crippen molar-refractivity contribution in [3.05, 3.63) is 11.1 Å². The van der Waals surface area contributed by atoms with E-state index >= 15 is 0 Å². The summed E-state index contributed by atoms with van der Waals surface area (Å²) < 4.78 is 9.64. The van der Waals surface area contributed by atoms with E-state index < -0.39 is 29.1 Å². The number of methoxy groups -OCH3 is 1. The Morgan fingerprint density at radius 1 is 1.27 bits per heavy atom. The number of ketones is 2. The molecule has 0 spiro atoms. The Balaban J connectivity index is 2.45. The number of hydrogen-bond donors (Lipinski definition) is 0. The van der Waals surface area contributed by atoms with Gasteiger partial charge in [-0.05, 0) is 26.7 Å². The molecular weight excluding hydrogens is 288 g/mol. The SMILES string of the molecule is CCOC(=O)CC1(C(=O)OC)CC2C(=O)CCC(C)=C2C1=O. The molecule has 0 radical (unpaired) electrons. The van der Waals surface area contributed by atoms with Crippen molar-refractivity contribution in [2.24, 2.45) is 11.3 Å². The van der Waals surface area contributed by atoms with Crippen LogP contribution in [0.5, 0.6) is 0 Å². The van der Waals surface area contributed by atoms with E-state index in [1.165, 1.54) is 7.11 Å². The van der Waals surface area contributed by atoms with Crippen molar-refractivity contribution in [1.29, 1.82) is 0 Å². The van der Waals surface area contributed by atoms with E-state index in [2.05, 4.69) is 0 Å². The van der Waals surface area contributed by atoms with E-state index in [9.17, 15) is 19.2 Å². The minimum absolute atomic E-state index is 0.00281. The first-order chi connectivity index (χ1) is 10.4. The van der Waals surface area contributed by atoms with Crippen LogP contribution in [0.4, 0.5) is 0 Å². The van der Waals surface area contributed by atoms with Crippen LogP contribution in [0, 0.1) is 11.3 Å². The Kier molecular flexibility index (Phi) is 4.49. The van der Waals surface area contributed by atoms with Gasteiger partial charge in [0.2, 0.25) is 0 Å². The molecule has 2 rings (SSSR count). The Hall–Kier alpha value is -1.98. The molecular formula is C16H20O6. The molecule has 0 bridgehead atoms. The second kappa shape index (κ2) is 6.02. The number of fused-ring (bicyclic) bond motifs is 1. The highest BCUT2D eigenvalue weighted by Crippen LogP contribution is 2.49. The van der Waals surface area contributed by atoms with Crippen LogP contribution >= 0.6 is 0 Å². The van der Waals surface area contributed by atoms with Crippen LogP contribution in [0.2, 0.25) is 0 Å². The summed E-state index contributed by atoms with van der Waals surface area (Å²) in [6, 6.07) is 0. The first kappa shape index (κ1) is 16.4. The summed E-state index contributed by atoms with van der Waals surface area (Å²) in [6.45, 7) is 3.61. The lowest BCUT2D eigenvalue weighted by Gasteiger charge is -2.23. The number of esters is 2. The van der Waals surface area contributed by atoms with Crippen molar-refractivity contribution in [1.82, 2.24) is 0 Å². The smallest absolute Gasteiger partial charge is 0.320 e. The molecule has 0 amide bonds. The van der Waals surface area contributed by atoms with Crippen LogP contribution in [0.25, 0.3) is 0 Å². The van der Waals surface area contributed by atoms with Gasteiger partial charge in [-0.15, -0.1) is 0 Å². The van der Waals surface area contributed by atoms with Crippen molar-refractivity contribution in [3.63, 3.8) is 0 Å². The maximum atomic E-state index is 12.8. The Morgan fingerprint density at radius 3 is 2.50 bits per heavy atom. The highest BCUT2D eigenvalue weighted by molar-refractivity contribution is 6.19. The van der Waals surface area contributed by atoms with Gasteiger partial charge in [-0.3, -0.25) is 19.2 Å². The van der Waals surface area contributed by atoms with E-state index in [0.29, 0.717) is 18.4 Å². The van der Waals surface area contributed by atoms with Crippen LogP contribution in [-0.2, 0) is 28.7 Å². The van der Waals surface area contributed by atoms with Gasteiger partial charge in [-0.25, -0.2) is 0 Å². The lowest BCUT2D eigenvalue weighted by molar-refractivity contribution is -0.163. The van der Waals surface area contributed by atoms with Gasteiger partial charge in [0.15, 0.2) is 5.78 Å². The quantitative estimate of drug-likeness (QED) is 0.576. The Labute approximate surface area is 128 Å². The first-order valence-corrected chi connectivity index (χ1v) is 7.38. The molecule has 0 aromatic carbocycles. The number of hydrogen-bond acceptors (Lipinski definition) is 6. The van der Waals surface area contributed by atoms with Crippen LogP contribution < -0.4 is 0 Å². The fraction of sp³-hybridized carbons (Fsp3) is 0.625. The van der Waals surface area contributed by atoms with Crippen molar-refractivity contribution < 1.29 is 28.7 Å². The summed E-state index contributed by atoms with van der Waals surface area (Å²) in [5, 5.41) is 0. The molecule has 6 nitrogen and oxygen atoms in total. The molecule has 2 unspecified atom stereocenters. The third-order valence-electron chi connectivity index (χ3n) is 4.50. The molecule has 0 aromatic rings. The van der Waals surface area contributed by atoms with Crippen LogP contribution in [0.15, 0.2) is 11.1 Å². The summed E-state index contributed by atoms with van der Waals surface area (Å²) in [4.78, 5) is 49.1. The predicted molar refractivity (Wildman–Crippen MR) is 75.8 cm³/mol. The zero-order valence-corrected chi connectivity index (χ0v) is 13.1.